The van der Waals surface area contributed by atoms with E-state index in [1.165, 1.54) is 36.4 Å². The number of carbonyl (C=O) groups is 3. The van der Waals surface area contributed by atoms with E-state index in [2.05, 4.69) is 9.97 Å². The lowest BCUT2D eigenvalue weighted by atomic mass is 10.0. The van der Waals surface area contributed by atoms with E-state index in [-0.39, 0.29) is 47.3 Å². The molecule has 2 aromatic heterocycles. The smallest absolute Gasteiger partial charge is 0.417 e. The first-order chi connectivity index (χ1) is 25.3. The molecule has 2 heterocycles. The van der Waals surface area contributed by atoms with Gasteiger partial charge in [-0.2, -0.15) is 10.5 Å². The maximum Gasteiger partial charge on any atom is 0.417 e. The number of hydrogen-bond donors (Lipinski definition) is 5. The number of aryl methyl sites for hydroxylation is 1. The number of aromatic amines is 2. The second-order valence-electron chi connectivity index (χ2n) is 11.1. The molecule has 0 radical (unpaired) electrons. The van der Waals surface area contributed by atoms with Gasteiger partial charge in [0, 0.05) is 18.4 Å². The number of terminal acetylenes is 1. The number of aromatic hydroxyl groups is 1. The average molecular weight is 713 g/mol. The van der Waals surface area contributed by atoms with Crippen LogP contribution in [-0.2, 0) is 16.0 Å². The number of hydrogen-bond acceptors (Lipinski definition) is 11. The molecule has 0 fully saturated rings. The zero-order valence-corrected chi connectivity index (χ0v) is 27.8. The van der Waals surface area contributed by atoms with Crippen LogP contribution in [0.5, 0.6) is 5.75 Å². The van der Waals surface area contributed by atoms with Crippen molar-refractivity contribution in [2.24, 2.45) is 0 Å². The Bertz CT molecular complexity index is 2620. The number of rotatable bonds is 11. The molecule has 0 saturated heterocycles. The Kier molecular flexibility index (Phi) is 12.3. The standard InChI is InChI=1S/C21H16N2O6.C18H12N2O4/c1-2-15(20(26)27)17(24)7-5-3-4-6-14(12-22)18(25)11-13-8-9-19-16(10-13)23-21(28)29-19;1-10-6-11(2-5-15(10)21)7-13(9-19)17(22)12-3-4-14-16(8-12)24-18(23)20-14/h1,3,5-6,8-10,24H,4,7,11H2,(H,23,28)(H,26,27);2-8,21H,1H3,(H,20,23)/b5-3-,14-6+,17-15-;13-7+. The van der Waals surface area contributed by atoms with Gasteiger partial charge in [0.05, 0.1) is 16.6 Å². The first-order valence-corrected chi connectivity index (χ1v) is 15.4. The van der Waals surface area contributed by atoms with Crippen LogP contribution in [0.1, 0.15) is 39.9 Å². The van der Waals surface area contributed by atoms with Gasteiger partial charge in [0.25, 0.3) is 0 Å². The maximum absolute atomic E-state index is 12.5. The van der Waals surface area contributed by atoms with Gasteiger partial charge >= 0.3 is 17.5 Å². The molecule has 5 N–H and O–H groups in total. The zero-order valence-electron chi connectivity index (χ0n) is 27.8. The number of oxazole rings is 2. The Labute approximate surface area is 299 Å². The van der Waals surface area contributed by atoms with Gasteiger partial charge in [0.2, 0.25) is 5.78 Å². The summed E-state index contributed by atoms with van der Waals surface area (Å²) in [6.45, 7) is 1.72. The van der Waals surface area contributed by atoms with Gasteiger partial charge in [0.15, 0.2) is 16.9 Å². The van der Waals surface area contributed by atoms with Crippen LogP contribution in [0.25, 0.3) is 28.3 Å². The van der Waals surface area contributed by atoms with Gasteiger partial charge in [0.1, 0.15) is 34.8 Å². The summed E-state index contributed by atoms with van der Waals surface area (Å²) in [5.41, 5.74) is 3.09. The predicted molar refractivity (Wildman–Crippen MR) is 191 cm³/mol. The summed E-state index contributed by atoms with van der Waals surface area (Å²) in [5, 5.41) is 46.4. The number of phenolic OH excluding ortho intramolecular Hbond substituents is 1. The van der Waals surface area contributed by atoms with Crippen molar-refractivity contribution in [1.82, 2.24) is 9.97 Å². The van der Waals surface area contributed by atoms with E-state index in [0.717, 1.165) is 0 Å². The molecule has 14 heteroatoms. The van der Waals surface area contributed by atoms with Crippen molar-refractivity contribution in [3.63, 3.8) is 0 Å². The van der Waals surface area contributed by atoms with Gasteiger partial charge < -0.3 is 24.2 Å². The Balaban J connectivity index is 0.000000240. The fraction of sp³-hybridized carbons (Fsp3) is 0.103. The number of carboxylic acid groups (broad SMARTS) is 1. The van der Waals surface area contributed by atoms with Gasteiger partial charge in [-0.3, -0.25) is 19.6 Å². The van der Waals surface area contributed by atoms with Crippen LogP contribution in [0, 0.1) is 41.9 Å². The van der Waals surface area contributed by atoms with E-state index < -0.39 is 40.4 Å². The Morgan fingerprint density at radius 1 is 0.868 bits per heavy atom. The molecule has 0 aliphatic carbocycles. The average Bonchev–Trinajstić information content (AvgIpc) is 3.69. The number of nitrogens with one attached hydrogen (secondary N) is 2. The van der Waals surface area contributed by atoms with Crippen molar-refractivity contribution >= 4 is 45.8 Å². The number of phenols is 1. The summed E-state index contributed by atoms with van der Waals surface area (Å²) in [7, 11) is 0. The van der Waals surface area contributed by atoms with Crippen LogP contribution < -0.4 is 11.5 Å². The van der Waals surface area contributed by atoms with Crippen LogP contribution in [0.15, 0.2) is 114 Å². The van der Waals surface area contributed by atoms with E-state index in [0.29, 0.717) is 33.3 Å². The number of fused-ring (bicyclic) bond motifs is 2. The highest BCUT2D eigenvalue weighted by molar-refractivity contribution is 6.14. The quantitative estimate of drug-likeness (QED) is 0.0285. The maximum atomic E-state index is 12.5. The fourth-order valence-electron chi connectivity index (χ4n) is 4.79. The minimum absolute atomic E-state index is 0.0279. The molecule has 264 valence electrons. The molecule has 14 nitrogen and oxygen atoms in total. The lowest BCUT2D eigenvalue weighted by Gasteiger charge is -2.02. The van der Waals surface area contributed by atoms with Gasteiger partial charge in [-0.15, -0.1) is 6.42 Å². The molecule has 3 aromatic carbocycles. The summed E-state index contributed by atoms with van der Waals surface area (Å²) >= 11 is 0. The topological polar surface area (TPSA) is 251 Å². The molecule has 5 aromatic rings. The molecular formula is C39H28N4O10. The molecule has 0 bridgehead atoms. The largest absolute Gasteiger partial charge is 0.510 e. The molecule has 0 spiro atoms. The summed E-state index contributed by atoms with van der Waals surface area (Å²) in [5.74, 6) is -1.88. The number of aliphatic hydroxyl groups is 1. The normalized spacial score (nSPS) is 12.0. The van der Waals surface area contributed by atoms with Gasteiger partial charge in [-0.1, -0.05) is 36.3 Å². The first kappa shape index (κ1) is 37.9. The van der Waals surface area contributed by atoms with Crippen molar-refractivity contribution in [1.29, 1.82) is 10.5 Å². The van der Waals surface area contributed by atoms with Crippen LogP contribution in [0.3, 0.4) is 0 Å². The molecule has 0 atom stereocenters. The Hall–Kier alpha value is -7.89. The minimum Gasteiger partial charge on any atom is -0.510 e. The molecule has 0 aliphatic heterocycles. The molecule has 0 amide bonds. The van der Waals surface area contributed by atoms with Crippen LogP contribution in [-0.4, -0.2) is 42.8 Å². The zero-order chi connectivity index (χ0) is 38.7. The van der Waals surface area contributed by atoms with Crippen LogP contribution >= 0.6 is 0 Å². The molecule has 0 unspecified atom stereocenters. The third-order valence-electron chi connectivity index (χ3n) is 7.43. The summed E-state index contributed by atoms with van der Waals surface area (Å²) < 4.78 is 9.82. The molecule has 5 rings (SSSR count). The number of nitriles is 2. The lowest BCUT2D eigenvalue weighted by Crippen LogP contribution is -2.05. The summed E-state index contributed by atoms with van der Waals surface area (Å²) in [6.07, 6.45) is 11.1. The highest BCUT2D eigenvalue weighted by atomic mass is 16.4. The van der Waals surface area contributed by atoms with Crippen molar-refractivity contribution < 1.29 is 38.5 Å². The summed E-state index contributed by atoms with van der Waals surface area (Å²) in [4.78, 5) is 62.9. The third kappa shape index (κ3) is 9.85. The van der Waals surface area contributed by atoms with E-state index >= 15 is 0 Å². The van der Waals surface area contributed by atoms with E-state index in [9.17, 15) is 44.7 Å². The molecule has 0 aliphatic rings. The van der Waals surface area contributed by atoms with Gasteiger partial charge in [-0.05, 0) is 78.6 Å². The van der Waals surface area contributed by atoms with E-state index in [4.69, 9.17) is 20.4 Å². The van der Waals surface area contributed by atoms with Crippen LogP contribution in [0.4, 0.5) is 0 Å². The Morgan fingerprint density at radius 2 is 1.57 bits per heavy atom. The fourth-order valence-corrected chi connectivity index (χ4v) is 4.79. The highest BCUT2D eigenvalue weighted by Gasteiger charge is 2.15. The second-order valence-corrected chi connectivity index (χ2v) is 11.1. The van der Waals surface area contributed by atoms with Crippen molar-refractivity contribution in [3.05, 3.63) is 139 Å². The number of allylic oxidation sites excluding steroid dienone is 5. The number of Topliss-reactive ketones (excluding diaryl/α,β-unsaturated/α-hetero) is 2. The lowest BCUT2D eigenvalue weighted by molar-refractivity contribution is -0.132. The van der Waals surface area contributed by atoms with Crippen molar-refractivity contribution in [3.8, 4) is 30.2 Å². The van der Waals surface area contributed by atoms with Crippen molar-refractivity contribution in [2.45, 2.75) is 26.2 Å². The minimum atomic E-state index is -1.40. The number of carbonyl (C=O) groups excluding carboxylic acids is 2. The number of ketones is 2. The van der Waals surface area contributed by atoms with Gasteiger partial charge in [-0.25, -0.2) is 14.4 Å². The number of aromatic nitrogens is 2. The van der Waals surface area contributed by atoms with Crippen LogP contribution in [0.2, 0.25) is 0 Å². The SMILES string of the molecule is C#C/C(C(=O)O)=C(/O)C/C=C\C/C=C(\C#N)C(=O)Cc1ccc2oc(=O)[nH]c2c1.Cc1cc(/C=C(\C#N)C(=O)c2ccc3[nH]c(=O)oc3c2)ccc1O. The number of benzene rings is 3. The number of carboxylic acids is 1. The number of H-pyrrole nitrogens is 2. The number of aliphatic hydroxyl groups excluding tert-OH is 1. The first-order valence-electron chi connectivity index (χ1n) is 15.4. The number of aliphatic carboxylic acids is 1. The molecule has 0 saturated carbocycles. The Morgan fingerprint density at radius 3 is 2.23 bits per heavy atom. The van der Waals surface area contributed by atoms with E-state index in [1.807, 2.05) is 18.1 Å². The molecular weight excluding hydrogens is 684 g/mol. The van der Waals surface area contributed by atoms with Crippen molar-refractivity contribution in [2.75, 3.05) is 0 Å². The predicted octanol–water partition coefficient (Wildman–Crippen LogP) is 5.47. The highest BCUT2D eigenvalue weighted by Crippen LogP contribution is 2.21. The second kappa shape index (κ2) is 17.2. The summed E-state index contributed by atoms with van der Waals surface area (Å²) in [6, 6.07) is 17.8. The number of nitrogens with zero attached hydrogens (tertiary/aromatic N) is 2. The monoisotopic (exact) mass is 712 g/mol. The molecule has 53 heavy (non-hydrogen) atoms. The third-order valence-corrected chi connectivity index (χ3v) is 7.43. The van der Waals surface area contributed by atoms with E-state index in [1.54, 1.807) is 49.4 Å².